The average Bonchev–Trinajstić information content (AvgIpc) is 2.53. The summed E-state index contributed by atoms with van der Waals surface area (Å²) < 4.78 is 4.00. The third kappa shape index (κ3) is 2.74. The molecule has 1 aromatic heterocycles. The predicted octanol–water partition coefficient (Wildman–Crippen LogP) is 2.30. The molecule has 0 aromatic carbocycles. The molecule has 0 aliphatic rings. The van der Waals surface area contributed by atoms with Gasteiger partial charge in [0.05, 0.1) is 0 Å². The third-order valence-corrected chi connectivity index (χ3v) is 2.63. The third-order valence-electron chi connectivity index (χ3n) is 1.83. The summed E-state index contributed by atoms with van der Waals surface area (Å²) in [5, 5.41) is 0. The van der Waals surface area contributed by atoms with Crippen LogP contribution >= 0.6 is 11.5 Å². The van der Waals surface area contributed by atoms with E-state index in [0.717, 1.165) is 19.1 Å². The van der Waals surface area contributed by atoms with Gasteiger partial charge in [-0.1, -0.05) is 13.8 Å². The van der Waals surface area contributed by atoms with Crippen LogP contribution in [0.25, 0.3) is 0 Å². The Labute approximate surface area is 76.8 Å². The Kier molecular flexibility index (Phi) is 2.98. The summed E-state index contributed by atoms with van der Waals surface area (Å²) >= 11 is 1.51. The van der Waals surface area contributed by atoms with Crippen molar-refractivity contribution in [3.63, 3.8) is 0 Å². The van der Waals surface area contributed by atoms with E-state index in [1.807, 2.05) is 19.9 Å². The van der Waals surface area contributed by atoms with E-state index in [1.54, 1.807) is 6.20 Å². The van der Waals surface area contributed by atoms with Gasteiger partial charge in [0, 0.05) is 16.5 Å². The van der Waals surface area contributed by atoms with Crippen molar-refractivity contribution in [2.75, 3.05) is 0 Å². The molecule has 1 aromatic rings. The molecule has 0 radical (unpaired) electrons. The second kappa shape index (κ2) is 3.81. The van der Waals surface area contributed by atoms with Crippen molar-refractivity contribution in [1.29, 1.82) is 0 Å². The number of rotatable bonds is 4. The quantitative estimate of drug-likeness (QED) is 0.670. The van der Waals surface area contributed by atoms with Crippen LogP contribution in [0.3, 0.4) is 0 Å². The van der Waals surface area contributed by atoms with Gasteiger partial charge in [-0.15, -0.1) is 0 Å². The van der Waals surface area contributed by atoms with Gasteiger partial charge >= 0.3 is 0 Å². The molecule has 0 aliphatic heterocycles. The molecule has 1 rings (SSSR count). The van der Waals surface area contributed by atoms with Gasteiger partial charge in [0.25, 0.3) is 0 Å². The van der Waals surface area contributed by atoms with Crippen LogP contribution in [0.4, 0.5) is 0 Å². The minimum absolute atomic E-state index is 0.190. The lowest BCUT2D eigenvalue weighted by Crippen LogP contribution is -2.13. The number of aldehydes is 1. The molecule has 0 unspecified atom stereocenters. The van der Waals surface area contributed by atoms with Crippen LogP contribution in [0.2, 0.25) is 0 Å². The normalized spacial score (nSPS) is 11.5. The van der Waals surface area contributed by atoms with Gasteiger partial charge in [-0.2, -0.15) is 0 Å². The smallest absolute Gasteiger partial charge is 0.125 e. The van der Waals surface area contributed by atoms with Crippen molar-refractivity contribution in [1.82, 2.24) is 4.37 Å². The summed E-state index contributed by atoms with van der Waals surface area (Å²) in [5.41, 5.74) is -0.190. The van der Waals surface area contributed by atoms with E-state index in [4.69, 9.17) is 0 Å². The van der Waals surface area contributed by atoms with Crippen molar-refractivity contribution >= 4 is 17.8 Å². The monoisotopic (exact) mass is 183 g/mol. The first-order valence-corrected chi connectivity index (χ1v) is 4.77. The molecule has 0 fully saturated rings. The van der Waals surface area contributed by atoms with E-state index >= 15 is 0 Å². The van der Waals surface area contributed by atoms with Gasteiger partial charge in [0.2, 0.25) is 0 Å². The molecule has 0 aliphatic carbocycles. The number of carbonyl (C=O) groups is 1. The number of hydrogen-bond acceptors (Lipinski definition) is 3. The fraction of sp³-hybridized carbons (Fsp3) is 0.556. The largest absolute Gasteiger partial charge is 0.303 e. The lowest BCUT2D eigenvalue weighted by Gasteiger charge is -2.14. The van der Waals surface area contributed by atoms with Crippen molar-refractivity contribution in [3.8, 4) is 0 Å². The van der Waals surface area contributed by atoms with Crippen LogP contribution in [0.1, 0.15) is 25.1 Å². The number of aromatic nitrogens is 1. The van der Waals surface area contributed by atoms with E-state index in [-0.39, 0.29) is 5.41 Å². The van der Waals surface area contributed by atoms with E-state index in [0.29, 0.717) is 0 Å². The topological polar surface area (TPSA) is 30.0 Å². The van der Waals surface area contributed by atoms with Crippen LogP contribution in [0, 0.1) is 5.41 Å². The molecule has 12 heavy (non-hydrogen) atoms. The Morgan fingerprint density at radius 3 is 2.92 bits per heavy atom. The molecule has 0 amide bonds. The van der Waals surface area contributed by atoms with Crippen LogP contribution in [0.5, 0.6) is 0 Å². The van der Waals surface area contributed by atoms with Gasteiger partial charge in [-0.25, -0.2) is 4.37 Å². The second-order valence-corrected chi connectivity index (χ2v) is 4.50. The van der Waals surface area contributed by atoms with Gasteiger partial charge in [-0.05, 0) is 30.4 Å². The Balaban J connectivity index is 2.41. The standard InChI is InChI=1S/C9H13NOS/c1-9(2,7-11)5-3-8-4-6-10-12-8/h4,6-7H,3,5H2,1-2H3. The minimum Gasteiger partial charge on any atom is -0.303 e. The van der Waals surface area contributed by atoms with Crippen molar-refractivity contribution in [2.45, 2.75) is 26.7 Å². The number of hydrogen-bond donors (Lipinski definition) is 0. The molecule has 0 spiro atoms. The molecule has 0 saturated heterocycles. The molecule has 0 N–H and O–H groups in total. The fourth-order valence-electron chi connectivity index (χ4n) is 0.875. The highest BCUT2D eigenvalue weighted by atomic mass is 32.1. The van der Waals surface area contributed by atoms with E-state index in [2.05, 4.69) is 4.37 Å². The Bertz CT molecular complexity index is 241. The molecule has 1 heterocycles. The molecular formula is C9H13NOS. The summed E-state index contributed by atoms with van der Waals surface area (Å²) in [7, 11) is 0. The van der Waals surface area contributed by atoms with E-state index < -0.39 is 0 Å². The zero-order chi connectivity index (χ0) is 9.03. The first-order chi connectivity index (χ1) is 5.64. The maximum Gasteiger partial charge on any atom is 0.125 e. The minimum atomic E-state index is -0.190. The molecule has 66 valence electrons. The maximum atomic E-state index is 10.6. The Morgan fingerprint density at radius 1 is 1.67 bits per heavy atom. The lowest BCUT2D eigenvalue weighted by molar-refractivity contribution is -0.114. The summed E-state index contributed by atoms with van der Waals surface area (Å²) in [6, 6.07) is 2.01. The van der Waals surface area contributed by atoms with E-state index in [9.17, 15) is 4.79 Å². The Morgan fingerprint density at radius 2 is 2.42 bits per heavy atom. The van der Waals surface area contributed by atoms with Crippen LogP contribution in [-0.4, -0.2) is 10.7 Å². The van der Waals surface area contributed by atoms with E-state index in [1.165, 1.54) is 16.4 Å². The average molecular weight is 183 g/mol. The van der Waals surface area contributed by atoms with Crippen LogP contribution in [0.15, 0.2) is 12.3 Å². The molecular weight excluding hydrogens is 170 g/mol. The van der Waals surface area contributed by atoms with Crippen LogP contribution < -0.4 is 0 Å². The molecule has 3 heteroatoms. The van der Waals surface area contributed by atoms with Crippen molar-refractivity contribution in [3.05, 3.63) is 17.1 Å². The first-order valence-electron chi connectivity index (χ1n) is 4.00. The first kappa shape index (κ1) is 9.39. The summed E-state index contributed by atoms with van der Waals surface area (Å²) in [6.45, 7) is 3.92. The molecule has 0 atom stereocenters. The molecule has 2 nitrogen and oxygen atoms in total. The lowest BCUT2D eigenvalue weighted by atomic mass is 9.89. The summed E-state index contributed by atoms with van der Waals surface area (Å²) in [5.74, 6) is 0. The maximum absolute atomic E-state index is 10.6. The summed E-state index contributed by atoms with van der Waals surface area (Å²) in [6.07, 6.45) is 4.68. The summed E-state index contributed by atoms with van der Waals surface area (Å²) in [4.78, 5) is 11.8. The van der Waals surface area contributed by atoms with Gasteiger partial charge in [0.1, 0.15) is 6.29 Å². The van der Waals surface area contributed by atoms with Crippen molar-refractivity contribution in [2.24, 2.45) is 5.41 Å². The van der Waals surface area contributed by atoms with Crippen LogP contribution in [-0.2, 0) is 11.2 Å². The van der Waals surface area contributed by atoms with Crippen molar-refractivity contribution < 1.29 is 4.79 Å². The zero-order valence-corrected chi connectivity index (χ0v) is 8.23. The highest BCUT2D eigenvalue weighted by Crippen LogP contribution is 2.20. The molecule has 0 bridgehead atoms. The highest BCUT2D eigenvalue weighted by molar-refractivity contribution is 7.05. The number of aryl methyl sites for hydroxylation is 1. The SMILES string of the molecule is CC(C)(C=O)CCc1ccns1. The zero-order valence-electron chi connectivity index (χ0n) is 7.41. The van der Waals surface area contributed by atoms with Gasteiger partial charge < -0.3 is 4.79 Å². The fourth-order valence-corrected chi connectivity index (χ4v) is 1.45. The predicted molar refractivity (Wildman–Crippen MR) is 50.3 cm³/mol. The number of nitrogens with zero attached hydrogens (tertiary/aromatic N) is 1. The Hall–Kier alpha value is -0.700. The highest BCUT2D eigenvalue weighted by Gasteiger charge is 2.16. The molecule has 0 saturated carbocycles. The number of carbonyl (C=O) groups excluding carboxylic acids is 1. The second-order valence-electron chi connectivity index (χ2n) is 3.59. The van der Waals surface area contributed by atoms with Gasteiger partial charge in [0.15, 0.2) is 0 Å². The van der Waals surface area contributed by atoms with Gasteiger partial charge in [-0.3, -0.25) is 0 Å².